The van der Waals surface area contributed by atoms with Crippen molar-refractivity contribution in [3.8, 4) is 11.6 Å². The van der Waals surface area contributed by atoms with Crippen molar-refractivity contribution in [2.24, 2.45) is 0 Å². The number of hydrogen-bond acceptors (Lipinski definition) is 6. The summed E-state index contributed by atoms with van der Waals surface area (Å²) < 4.78 is 19.0. The number of aromatic nitrogens is 2. The van der Waals surface area contributed by atoms with Crippen LogP contribution < -0.4 is 10.1 Å². The number of nitrogens with zero attached hydrogens (tertiary/aromatic N) is 3. The molecule has 7 heteroatoms. The number of aliphatic hydroxyl groups excluding tert-OH is 1. The first-order chi connectivity index (χ1) is 17.0. The molecule has 5 rings (SSSR count). The van der Waals surface area contributed by atoms with E-state index < -0.39 is 0 Å². The molecule has 1 atom stereocenters. The summed E-state index contributed by atoms with van der Waals surface area (Å²) in [5.41, 5.74) is 7.50. The Morgan fingerprint density at radius 2 is 1.89 bits per heavy atom. The van der Waals surface area contributed by atoms with Crippen LogP contribution in [0, 0.1) is 12.7 Å². The molecule has 0 radical (unpaired) electrons. The van der Waals surface area contributed by atoms with Gasteiger partial charge in [-0.3, -0.25) is 0 Å². The molecule has 1 aliphatic heterocycles. The summed E-state index contributed by atoms with van der Waals surface area (Å²) in [7, 11) is 1.92. The molecule has 6 nitrogen and oxygen atoms in total. The minimum Gasteiger partial charge on any atom is -0.439 e. The van der Waals surface area contributed by atoms with E-state index in [-0.39, 0.29) is 11.9 Å². The molecule has 1 fully saturated rings. The van der Waals surface area contributed by atoms with Crippen LogP contribution in [0.5, 0.6) is 11.6 Å². The van der Waals surface area contributed by atoms with Crippen molar-refractivity contribution >= 4 is 11.5 Å². The van der Waals surface area contributed by atoms with Crippen LogP contribution in [0.1, 0.15) is 61.4 Å². The summed E-state index contributed by atoms with van der Waals surface area (Å²) in [5, 5.41) is 11.1. The van der Waals surface area contributed by atoms with Gasteiger partial charge >= 0.3 is 0 Å². The van der Waals surface area contributed by atoms with E-state index in [1.54, 1.807) is 12.1 Å². The summed E-state index contributed by atoms with van der Waals surface area (Å²) in [5.74, 6) is 1.77. The first-order valence-corrected chi connectivity index (χ1v) is 12.1. The van der Waals surface area contributed by atoms with E-state index in [0.29, 0.717) is 18.2 Å². The third-order valence-corrected chi connectivity index (χ3v) is 6.25. The summed E-state index contributed by atoms with van der Waals surface area (Å²) in [6.45, 7) is 7.29. The van der Waals surface area contributed by atoms with Gasteiger partial charge in [0.1, 0.15) is 17.4 Å². The number of fused-ring (bicyclic) bond motifs is 1. The van der Waals surface area contributed by atoms with Crippen LogP contribution >= 0.6 is 0 Å². The molecule has 2 aromatic heterocycles. The average molecular weight is 477 g/mol. The van der Waals surface area contributed by atoms with Gasteiger partial charge in [0, 0.05) is 55.0 Å². The van der Waals surface area contributed by atoms with Crippen LogP contribution in [0.2, 0.25) is 0 Å². The van der Waals surface area contributed by atoms with Gasteiger partial charge in [0.15, 0.2) is 0 Å². The number of hydrogen-bond donors (Lipinski definition) is 2. The number of aliphatic hydroxyl groups is 1. The normalized spacial score (nSPS) is 14.7. The Hall–Kier alpha value is -3.45. The minimum absolute atomic E-state index is 0.159. The Morgan fingerprint density at radius 1 is 1.17 bits per heavy atom. The second-order valence-corrected chi connectivity index (χ2v) is 8.86. The van der Waals surface area contributed by atoms with Gasteiger partial charge in [-0.15, -0.1) is 0 Å². The fourth-order valence-corrected chi connectivity index (χ4v) is 4.23. The Labute approximate surface area is 206 Å². The molecule has 35 heavy (non-hydrogen) atoms. The Kier molecular flexibility index (Phi) is 7.66. The third kappa shape index (κ3) is 5.46. The summed E-state index contributed by atoms with van der Waals surface area (Å²) >= 11 is 0. The molecule has 0 bridgehead atoms. The fourth-order valence-electron chi connectivity index (χ4n) is 4.23. The number of rotatable bonds is 6. The zero-order valence-corrected chi connectivity index (χ0v) is 20.8. The van der Waals surface area contributed by atoms with Crippen molar-refractivity contribution in [2.45, 2.75) is 52.6 Å². The Balaban J connectivity index is 0.000000672. The number of ether oxygens (including phenoxy) is 1. The van der Waals surface area contributed by atoms with Crippen molar-refractivity contribution in [3.63, 3.8) is 0 Å². The van der Waals surface area contributed by atoms with Crippen LogP contribution in [-0.2, 0) is 6.54 Å². The predicted molar refractivity (Wildman–Crippen MR) is 137 cm³/mol. The summed E-state index contributed by atoms with van der Waals surface area (Å²) in [6, 6.07) is 10.4. The van der Waals surface area contributed by atoms with Gasteiger partial charge in [0.05, 0.1) is 6.04 Å². The lowest BCUT2D eigenvalue weighted by molar-refractivity contribution is 0.295. The zero-order chi connectivity index (χ0) is 24.9. The number of nitrogens with one attached hydrogen (secondary N) is 1. The van der Waals surface area contributed by atoms with Crippen LogP contribution in [0.3, 0.4) is 0 Å². The van der Waals surface area contributed by atoms with Crippen LogP contribution in [0.25, 0.3) is 5.70 Å². The van der Waals surface area contributed by atoms with Crippen LogP contribution in [-0.4, -0.2) is 33.6 Å². The van der Waals surface area contributed by atoms with E-state index in [0.717, 1.165) is 42.8 Å². The van der Waals surface area contributed by atoms with Crippen LogP contribution in [0.15, 0.2) is 54.4 Å². The van der Waals surface area contributed by atoms with Gasteiger partial charge in [-0.1, -0.05) is 6.92 Å². The highest BCUT2D eigenvalue weighted by Crippen LogP contribution is 2.48. The maximum absolute atomic E-state index is 13.1. The molecule has 3 heterocycles. The molecular weight excluding hydrogens is 443 g/mol. The fraction of sp³-hybridized carbons (Fsp3) is 0.357. The largest absolute Gasteiger partial charge is 0.439 e. The SMILES string of the molecule is CCCO.CNc1nccc2c1CN(C(C)c1cnc(Oc3ccc(F)cc3)c(C)c1)C2=C1CC1. The van der Waals surface area contributed by atoms with Crippen molar-refractivity contribution in [1.29, 1.82) is 0 Å². The van der Waals surface area contributed by atoms with Gasteiger partial charge < -0.3 is 20.1 Å². The van der Waals surface area contributed by atoms with Crippen LogP contribution in [0.4, 0.5) is 10.2 Å². The summed E-state index contributed by atoms with van der Waals surface area (Å²) in [4.78, 5) is 11.5. The predicted octanol–water partition coefficient (Wildman–Crippen LogP) is 6.23. The topological polar surface area (TPSA) is 70.5 Å². The number of benzene rings is 1. The molecule has 184 valence electrons. The molecule has 2 N–H and O–H groups in total. The highest BCUT2D eigenvalue weighted by atomic mass is 19.1. The molecule has 0 saturated heterocycles. The zero-order valence-electron chi connectivity index (χ0n) is 20.8. The van der Waals surface area contributed by atoms with E-state index in [1.165, 1.54) is 34.5 Å². The Morgan fingerprint density at radius 3 is 2.49 bits per heavy atom. The van der Waals surface area contributed by atoms with Crippen molar-refractivity contribution in [2.75, 3.05) is 19.0 Å². The highest BCUT2D eigenvalue weighted by Gasteiger charge is 2.35. The standard InChI is InChI=1S/C25H25FN4O.C3H8O/c1-15-12-18(13-29-25(15)31-20-8-6-19(26)7-9-20)16(2)30-14-22-21(23(30)17-4-5-17)10-11-28-24(22)27-3;1-2-3-4/h6-13,16H,4-5,14H2,1-3H3,(H,27,28);4H,2-3H2,1H3. The van der Waals surface area contributed by atoms with Crippen molar-refractivity contribution in [3.05, 3.63) is 82.4 Å². The number of anilines is 1. The lowest BCUT2D eigenvalue weighted by Crippen LogP contribution is -2.20. The number of allylic oxidation sites excluding steroid dienone is 1. The van der Waals surface area contributed by atoms with Gasteiger partial charge in [-0.05, 0) is 80.6 Å². The highest BCUT2D eigenvalue weighted by molar-refractivity contribution is 5.78. The molecule has 1 aliphatic carbocycles. The van der Waals surface area contributed by atoms with Crippen molar-refractivity contribution < 1.29 is 14.2 Å². The van der Waals surface area contributed by atoms with Gasteiger partial charge in [-0.25, -0.2) is 14.4 Å². The minimum atomic E-state index is -0.287. The van der Waals surface area contributed by atoms with Crippen molar-refractivity contribution in [1.82, 2.24) is 14.9 Å². The third-order valence-electron chi connectivity index (χ3n) is 6.25. The Bertz CT molecular complexity index is 1200. The average Bonchev–Trinajstić information content (AvgIpc) is 3.64. The lowest BCUT2D eigenvalue weighted by Gasteiger charge is -2.29. The number of aryl methyl sites for hydroxylation is 1. The number of pyridine rings is 2. The molecule has 3 aromatic rings. The number of halogens is 1. The van der Waals surface area contributed by atoms with Gasteiger partial charge in [0.2, 0.25) is 5.88 Å². The molecule has 1 unspecified atom stereocenters. The quantitative estimate of drug-likeness (QED) is 0.440. The molecule has 1 saturated carbocycles. The maximum Gasteiger partial charge on any atom is 0.222 e. The first kappa shape index (κ1) is 24.7. The van der Waals surface area contributed by atoms with E-state index in [9.17, 15) is 4.39 Å². The second kappa shape index (κ2) is 10.9. The van der Waals surface area contributed by atoms with Gasteiger partial charge in [-0.2, -0.15) is 0 Å². The lowest BCUT2D eigenvalue weighted by atomic mass is 10.1. The molecule has 0 spiro atoms. The second-order valence-electron chi connectivity index (χ2n) is 8.86. The molecule has 0 amide bonds. The van der Waals surface area contributed by atoms with E-state index >= 15 is 0 Å². The molecule has 2 aliphatic rings. The van der Waals surface area contributed by atoms with Gasteiger partial charge in [0.25, 0.3) is 0 Å². The maximum atomic E-state index is 13.1. The first-order valence-electron chi connectivity index (χ1n) is 12.1. The van der Waals surface area contributed by atoms with E-state index in [4.69, 9.17) is 9.84 Å². The van der Waals surface area contributed by atoms with E-state index in [2.05, 4.69) is 39.2 Å². The monoisotopic (exact) mass is 476 g/mol. The van der Waals surface area contributed by atoms with E-state index in [1.807, 2.05) is 33.3 Å². The molecular formula is C28H33FN4O2. The molecule has 1 aromatic carbocycles. The summed E-state index contributed by atoms with van der Waals surface area (Å²) in [6.07, 6.45) is 6.97. The smallest absolute Gasteiger partial charge is 0.222 e.